The van der Waals surface area contributed by atoms with Crippen molar-refractivity contribution in [3.63, 3.8) is 0 Å². The second-order valence-electron chi connectivity index (χ2n) is 7.89. The highest BCUT2D eigenvalue weighted by Gasteiger charge is 2.41. The molecule has 1 nitrogen and oxygen atoms in total. The minimum atomic E-state index is 0.208. The molecule has 2 heterocycles. The van der Waals surface area contributed by atoms with Gasteiger partial charge in [-0.05, 0) is 43.2 Å². The van der Waals surface area contributed by atoms with Gasteiger partial charge in [0.05, 0.1) is 0 Å². The molecule has 110 valence electrons. The van der Waals surface area contributed by atoms with Gasteiger partial charge in [-0.25, -0.2) is 0 Å². The lowest BCUT2D eigenvalue weighted by Gasteiger charge is -2.34. The van der Waals surface area contributed by atoms with Crippen LogP contribution in [0.15, 0.2) is 9.94 Å². The highest BCUT2D eigenvalue weighted by atomic mass is 35.5. The van der Waals surface area contributed by atoms with Crippen molar-refractivity contribution in [3.05, 3.63) is 9.94 Å². The Bertz CT molecular complexity index is 367. The number of rotatable bonds is 2. The van der Waals surface area contributed by atoms with Gasteiger partial charge in [-0.3, -0.25) is 0 Å². The first-order valence-corrected chi connectivity index (χ1v) is 8.74. The van der Waals surface area contributed by atoms with Gasteiger partial charge in [0.2, 0.25) is 0 Å². The number of fused-ring (bicyclic) bond motifs is 1. The zero-order chi connectivity index (χ0) is 14.3. The van der Waals surface area contributed by atoms with Crippen molar-refractivity contribution >= 4 is 23.4 Å². The molecule has 0 radical (unpaired) electrons. The van der Waals surface area contributed by atoms with Crippen LogP contribution in [-0.4, -0.2) is 18.3 Å². The van der Waals surface area contributed by atoms with E-state index in [1.165, 1.54) is 29.2 Å². The Morgan fingerprint density at radius 2 is 1.79 bits per heavy atom. The number of nitrogens with one attached hydrogen (secondary N) is 1. The Kier molecular flexibility index (Phi) is 4.65. The van der Waals surface area contributed by atoms with E-state index in [0.717, 1.165) is 13.1 Å². The maximum absolute atomic E-state index is 6.77. The van der Waals surface area contributed by atoms with Crippen LogP contribution in [0.4, 0.5) is 0 Å². The van der Waals surface area contributed by atoms with Crippen LogP contribution < -0.4 is 5.32 Å². The SMILES string of the molecule is CC(C)(C)CC(C)(C)C1=C(Cl)C2CCNCCC2S1. The first-order valence-electron chi connectivity index (χ1n) is 7.48. The number of halogens is 1. The molecule has 0 aliphatic carbocycles. The summed E-state index contributed by atoms with van der Waals surface area (Å²) < 4.78 is 0. The van der Waals surface area contributed by atoms with Crippen LogP contribution in [0.25, 0.3) is 0 Å². The van der Waals surface area contributed by atoms with Crippen LogP contribution in [0.2, 0.25) is 0 Å². The normalized spacial score (nSPS) is 29.4. The standard InChI is InChI=1S/C16H28ClNS/c1-15(2,3)10-16(4,5)14-13(17)11-6-8-18-9-7-12(11)19-14/h11-12,18H,6-10H2,1-5H3. The predicted octanol–water partition coefficient (Wildman–Crippen LogP) is 5.01. The second-order valence-corrected chi connectivity index (χ2v) is 9.55. The summed E-state index contributed by atoms with van der Waals surface area (Å²) in [5.41, 5.74) is 0.556. The van der Waals surface area contributed by atoms with Crippen LogP contribution in [0, 0.1) is 16.7 Å². The molecule has 0 aromatic heterocycles. The molecule has 0 amide bonds. The topological polar surface area (TPSA) is 12.0 Å². The van der Waals surface area contributed by atoms with E-state index in [2.05, 4.69) is 51.7 Å². The zero-order valence-electron chi connectivity index (χ0n) is 13.0. The average Bonchev–Trinajstić information content (AvgIpc) is 2.45. The van der Waals surface area contributed by atoms with Gasteiger partial charge in [-0.15, -0.1) is 11.8 Å². The van der Waals surface area contributed by atoms with Gasteiger partial charge in [-0.2, -0.15) is 0 Å². The summed E-state index contributed by atoms with van der Waals surface area (Å²) in [6.45, 7) is 14.0. The lowest BCUT2D eigenvalue weighted by molar-refractivity contribution is 0.258. The molecule has 2 unspecified atom stereocenters. The van der Waals surface area contributed by atoms with Crippen molar-refractivity contribution in [1.82, 2.24) is 5.32 Å². The van der Waals surface area contributed by atoms with E-state index in [9.17, 15) is 0 Å². The van der Waals surface area contributed by atoms with E-state index in [1.54, 1.807) is 0 Å². The fraction of sp³-hybridized carbons (Fsp3) is 0.875. The van der Waals surface area contributed by atoms with Gasteiger partial charge < -0.3 is 5.32 Å². The number of allylic oxidation sites excluding steroid dienone is 2. The summed E-state index contributed by atoms with van der Waals surface area (Å²) in [6.07, 6.45) is 3.64. The molecule has 2 aliphatic rings. The van der Waals surface area contributed by atoms with Gasteiger partial charge in [-0.1, -0.05) is 46.2 Å². The molecular formula is C16H28ClNS. The van der Waals surface area contributed by atoms with E-state index < -0.39 is 0 Å². The van der Waals surface area contributed by atoms with Crippen LogP contribution in [0.3, 0.4) is 0 Å². The molecule has 2 atom stereocenters. The highest BCUT2D eigenvalue weighted by molar-refractivity contribution is 8.04. The summed E-state index contributed by atoms with van der Waals surface area (Å²) in [5.74, 6) is 0.593. The highest BCUT2D eigenvalue weighted by Crippen LogP contribution is 2.56. The van der Waals surface area contributed by atoms with Crippen molar-refractivity contribution in [3.8, 4) is 0 Å². The molecule has 2 aliphatic heterocycles. The molecule has 19 heavy (non-hydrogen) atoms. The summed E-state index contributed by atoms with van der Waals surface area (Å²) in [5, 5.41) is 5.37. The zero-order valence-corrected chi connectivity index (χ0v) is 14.5. The first-order chi connectivity index (χ1) is 8.71. The van der Waals surface area contributed by atoms with E-state index >= 15 is 0 Å². The van der Waals surface area contributed by atoms with Crippen molar-refractivity contribution in [2.75, 3.05) is 13.1 Å². The number of hydrogen-bond donors (Lipinski definition) is 1. The average molecular weight is 302 g/mol. The van der Waals surface area contributed by atoms with Gasteiger partial charge >= 0.3 is 0 Å². The molecule has 0 saturated carbocycles. The maximum atomic E-state index is 6.77. The Hall–Kier alpha value is 0.340. The monoisotopic (exact) mass is 301 g/mol. The summed E-state index contributed by atoms with van der Waals surface area (Å²) in [6, 6.07) is 0. The van der Waals surface area contributed by atoms with Crippen LogP contribution in [0.5, 0.6) is 0 Å². The third-order valence-electron chi connectivity index (χ3n) is 4.09. The van der Waals surface area contributed by atoms with E-state index in [4.69, 9.17) is 11.6 Å². The molecule has 1 fully saturated rings. The molecule has 0 spiro atoms. The Morgan fingerprint density at radius 3 is 2.42 bits per heavy atom. The van der Waals surface area contributed by atoms with Crippen LogP contribution in [-0.2, 0) is 0 Å². The molecule has 0 aromatic rings. The van der Waals surface area contributed by atoms with Crippen molar-refractivity contribution in [2.45, 2.75) is 59.1 Å². The lowest BCUT2D eigenvalue weighted by Crippen LogP contribution is -2.22. The number of hydrogen-bond acceptors (Lipinski definition) is 2. The van der Waals surface area contributed by atoms with E-state index in [0.29, 0.717) is 16.6 Å². The summed E-state index contributed by atoms with van der Waals surface area (Å²) in [4.78, 5) is 1.47. The van der Waals surface area contributed by atoms with E-state index in [-0.39, 0.29) is 5.41 Å². The van der Waals surface area contributed by atoms with Gasteiger partial charge in [0, 0.05) is 21.1 Å². The van der Waals surface area contributed by atoms with Crippen LogP contribution in [0.1, 0.15) is 53.9 Å². The Balaban J connectivity index is 2.19. The molecule has 1 saturated heterocycles. The van der Waals surface area contributed by atoms with Gasteiger partial charge in [0.1, 0.15) is 0 Å². The van der Waals surface area contributed by atoms with E-state index in [1.807, 2.05) is 0 Å². The third-order valence-corrected chi connectivity index (χ3v) is 6.54. The van der Waals surface area contributed by atoms with Crippen molar-refractivity contribution in [2.24, 2.45) is 16.7 Å². The molecular weight excluding hydrogens is 274 g/mol. The minimum Gasteiger partial charge on any atom is -0.317 e. The molecule has 0 bridgehead atoms. The quantitative estimate of drug-likeness (QED) is 0.769. The smallest absolute Gasteiger partial charge is 0.0324 e. The molecule has 2 rings (SSSR count). The summed E-state index contributed by atoms with van der Waals surface area (Å²) >= 11 is 8.84. The fourth-order valence-electron chi connectivity index (χ4n) is 3.71. The summed E-state index contributed by atoms with van der Waals surface area (Å²) in [7, 11) is 0. The van der Waals surface area contributed by atoms with Gasteiger partial charge in [0.15, 0.2) is 0 Å². The predicted molar refractivity (Wildman–Crippen MR) is 87.7 cm³/mol. The maximum Gasteiger partial charge on any atom is 0.0324 e. The number of thioether (sulfide) groups is 1. The second kappa shape index (κ2) is 5.61. The molecule has 3 heteroatoms. The largest absolute Gasteiger partial charge is 0.317 e. The van der Waals surface area contributed by atoms with Crippen molar-refractivity contribution < 1.29 is 0 Å². The van der Waals surface area contributed by atoms with Crippen molar-refractivity contribution in [1.29, 1.82) is 0 Å². The first kappa shape index (κ1) is 15.7. The lowest BCUT2D eigenvalue weighted by atomic mass is 9.75. The molecule has 0 aromatic carbocycles. The molecule has 1 N–H and O–H groups in total. The minimum absolute atomic E-state index is 0.208. The fourth-order valence-corrected chi connectivity index (χ4v) is 6.07. The van der Waals surface area contributed by atoms with Crippen LogP contribution >= 0.6 is 23.4 Å². The van der Waals surface area contributed by atoms with Gasteiger partial charge in [0.25, 0.3) is 0 Å². The Labute approximate surface area is 127 Å². The third kappa shape index (κ3) is 3.71. The Morgan fingerprint density at radius 1 is 1.16 bits per heavy atom.